The zero-order valence-corrected chi connectivity index (χ0v) is 18.1. The van der Waals surface area contributed by atoms with Crippen LogP contribution in [0.2, 0.25) is 0 Å². The van der Waals surface area contributed by atoms with E-state index in [1.165, 1.54) is 35.3 Å². The predicted molar refractivity (Wildman–Crippen MR) is 124 cm³/mol. The summed E-state index contributed by atoms with van der Waals surface area (Å²) in [7, 11) is 0. The summed E-state index contributed by atoms with van der Waals surface area (Å²) in [4.78, 5) is 18.1. The van der Waals surface area contributed by atoms with E-state index < -0.39 is 0 Å². The monoisotopic (exact) mass is 417 g/mol. The number of aromatic nitrogens is 1. The average molecular weight is 418 g/mol. The van der Waals surface area contributed by atoms with Gasteiger partial charge < -0.3 is 5.43 Å². The van der Waals surface area contributed by atoms with Gasteiger partial charge in [0.2, 0.25) is 0 Å². The van der Waals surface area contributed by atoms with Gasteiger partial charge in [-0.15, -0.1) is 11.8 Å². The zero-order valence-electron chi connectivity index (χ0n) is 17.3. The van der Waals surface area contributed by atoms with Gasteiger partial charge in [-0.05, 0) is 68.0 Å². The van der Waals surface area contributed by atoms with Crippen LogP contribution in [0.25, 0.3) is 10.9 Å². The van der Waals surface area contributed by atoms with E-state index in [1.807, 2.05) is 43.5 Å². The molecule has 1 fully saturated rings. The molecule has 0 aliphatic heterocycles. The van der Waals surface area contributed by atoms with Crippen LogP contribution in [0.4, 0.5) is 0 Å². The number of hydrazine groups is 1. The number of pyridine rings is 1. The third kappa shape index (κ3) is 5.03. The molecule has 5 heteroatoms. The highest BCUT2D eigenvalue weighted by atomic mass is 32.2. The van der Waals surface area contributed by atoms with Gasteiger partial charge in [-0.1, -0.05) is 36.8 Å². The van der Waals surface area contributed by atoms with Crippen molar-refractivity contribution in [3.8, 4) is 0 Å². The van der Waals surface area contributed by atoms with Crippen molar-refractivity contribution in [3.63, 3.8) is 0 Å². The smallest absolute Gasteiger partial charge is 0.269 e. The van der Waals surface area contributed by atoms with Gasteiger partial charge in [0.25, 0.3) is 5.91 Å². The highest BCUT2D eigenvalue weighted by Crippen LogP contribution is 2.29. The number of para-hydroxylation sites is 1. The third-order valence-corrected chi connectivity index (χ3v) is 6.68. The Hall–Kier alpha value is -2.79. The molecule has 0 saturated heterocycles. The fourth-order valence-electron chi connectivity index (χ4n) is 3.77. The molecule has 1 aliphatic rings. The molecule has 0 atom stereocenters. The highest BCUT2D eigenvalue weighted by molar-refractivity contribution is 7.98. The van der Waals surface area contributed by atoms with Crippen molar-refractivity contribution in [1.82, 2.24) is 15.8 Å². The molecular weight excluding hydrogens is 390 g/mol. The summed E-state index contributed by atoms with van der Waals surface area (Å²) >= 11 is 1.77. The molecule has 0 unspecified atom stereocenters. The number of allylic oxidation sites excluding steroid dienone is 2. The van der Waals surface area contributed by atoms with Crippen LogP contribution in [-0.2, 0) is 5.75 Å². The number of benzene rings is 2. The third-order valence-electron chi connectivity index (χ3n) is 5.56. The molecule has 2 N–H and O–H groups in total. The van der Waals surface area contributed by atoms with Crippen molar-refractivity contribution >= 4 is 28.6 Å². The van der Waals surface area contributed by atoms with Gasteiger partial charge in [0.05, 0.1) is 5.52 Å². The number of hydrogen-bond acceptors (Lipinski definition) is 4. The molecule has 3 aromatic rings. The van der Waals surface area contributed by atoms with Gasteiger partial charge in [-0.25, -0.2) is 0 Å². The molecule has 2 aromatic carbocycles. The first-order valence-electron chi connectivity index (χ1n) is 10.5. The van der Waals surface area contributed by atoms with Crippen LogP contribution in [-0.4, -0.2) is 10.9 Å². The fraction of sp³-hybridized carbons (Fsp3) is 0.280. The number of rotatable bonds is 6. The molecule has 4 nitrogen and oxygen atoms in total. The van der Waals surface area contributed by atoms with Crippen LogP contribution in [0.3, 0.4) is 0 Å². The lowest BCUT2D eigenvalue weighted by Gasteiger charge is -2.18. The summed E-state index contributed by atoms with van der Waals surface area (Å²) in [5, 5.41) is 1.15. The zero-order chi connectivity index (χ0) is 20.8. The Morgan fingerprint density at radius 2 is 1.73 bits per heavy atom. The van der Waals surface area contributed by atoms with Crippen molar-refractivity contribution < 1.29 is 4.79 Å². The quantitative estimate of drug-likeness (QED) is 0.381. The number of amides is 1. The second-order valence-corrected chi connectivity index (χ2v) is 8.70. The van der Waals surface area contributed by atoms with Crippen molar-refractivity contribution in [3.05, 3.63) is 83.2 Å². The van der Waals surface area contributed by atoms with E-state index in [4.69, 9.17) is 0 Å². The molecule has 1 aromatic heterocycles. The molecule has 1 amide bonds. The second-order valence-electron chi connectivity index (χ2n) is 7.69. The summed E-state index contributed by atoms with van der Waals surface area (Å²) in [5.41, 5.74) is 11.3. The van der Waals surface area contributed by atoms with Gasteiger partial charge in [-0.3, -0.25) is 15.2 Å². The molecule has 1 heterocycles. The van der Waals surface area contributed by atoms with E-state index in [0.717, 1.165) is 35.2 Å². The summed E-state index contributed by atoms with van der Waals surface area (Å²) < 4.78 is 0. The van der Waals surface area contributed by atoms with Crippen LogP contribution < -0.4 is 10.9 Å². The summed E-state index contributed by atoms with van der Waals surface area (Å²) in [5.74, 6) is 0.726. The number of thioether (sulfide) groups is 1. The van der Waals surface area contributed by atoms with Gasteiger partial charge in [-0.2, -0.15) is 0 Å². The highest BCUT2D eigenvalue weighted by Gasteiger charge is 2.10. The van der Waals surface area contributed by atoms with Crippen LogP contribution >= 0.6 is 11.8 Å². The van der Waals surface area contributed by atoms with Crippen molar-refractivity contribution in [1.29, 1.82) is 0 Å². The molecule has 30 heavy (non-hydrogen) atoms. The Balaban J connectivity index is 1.34. The standard InChI is InChI=1S/C25H27N3OS/c1-18(20-7-3-2-4-8-20)27-28-25(29)22-14-12-19(13-15-22)17-30-23-11-5-9-21-10-6-16-26-24(21)23/h5-6,9-16,27H,2-4,7-8,17H2,1H3,(H,28,29). The molecule has 1 saturated carbocycles. The minimum Gasteiger partial charge on any atom is -0.303 e. The second kappa shape index (κ2) is 9.81. The fourth-order valence-corrected chi connectivity index (χ4v) is 4.77. The first-order chi connectivity index (χ1) is 14.7. The maximum Gasteiger partial charge on any atom is 0.269 e. The van der Waals surface area contributed by atoms with E-state index in [0.29, 0.717) is 5.56 Å². The summed E-state index contributed by atoms with van der Waals surface area (Å²) in [6.45, 7) is 2.05. The van der Waals surface area contributed by atoms with E-state index in [-0.39, 0.29) is 5.91 Å². The summed E-state index contributed by atoms with van der Waals surface area (Å²) in [6, 6.07) is 18.1. The van der Waals surface area contributed by atoms with Crippen molar-refractivity contribution in [2.45, 2.75) is 49.7 Å². The number of carbonyl (C=O) groups is 1. The van der Waals surface area contributed by atoms with Crippen molar-refractivity contribution in [2.75, 3.05) is 0 Å². The van der Waals surface area contributed by atoms with E-state index in [9.17, 15) is 4.79 Å². The molecule has 4 rings (SSSR count). The maximum absolute atomic E-state index is 12.5. The Kier molecular flexibility index (Phi) is 6.70. The topological polar surface area (TPSA) is 54.0 Å². The van der Waals surface area contributed by atoms with Crippen molar-refractivity contribution in [2.24, 2.45) is 0 Å². The summed E-state index contributed by atoms with van der Waals surface area (Å²) in [6.07, 6.45) is 7.90. The van der Waals surface area contributed by atoms with E-state index >= 15 is 0 Å². The lowest BCUT2D eigenvalue weighted by molar-refractivity contribution is 0.0938. The Bertz CT molecular complexity index is 1050. The lowest BCUT2D eigenvalue weighted by Crippen LogP contribution is -2.36. The maximum atomic E-state index is 12.5. The first-order valence-corrected chi connectivity index (χ1v) is 11.5. The van der Waals surface area contributed by atoms with Crippen LogP contribution in [0.15, 0.2) is 77.0 Å². The molecule has 154 valence electrons. The van der Waals surface area contributed by atoms with E-state index in [1.54, 1.807) is 11.8 Å². The number of nitrogens with one attached hydrogen (secondary N) is 2. The Morgan fingerprint density at radius 3 is 2.53 bits per heavy atom. The minimum absolute atomic E-state index is 0.108. The molecule has 1 aliphatic carbocycles. The van der Waals surface area contributed by atoms with Gasteiger partial charge in [0, 0.05) is 33.5 Å². The van der Waals surface area contributed by atoms with Crippen LogP contribution in [0, 0.1) is 0 Å². The molecule has 0 bridgehead atoms. The normalized spacial score (nSPS) is 13.8. The first kappa shape index (κ1) is 20.5. The molecule has 0 spiro atoms. The molecule has 0 radical (unpaired) electrons. The van der Waals surface area contributed by atoms with Gasteiger partial charge in [0.1, 0.15) is 0 Å². The number of nitrogens with zero attached hydrogens (tertiary/aromatic N) is 1. The SMILES string of the molecule is CC(NNC(=O)c1ccc(CSc2cccc3cccnc23)cc1)=C1CCCCC1. The number of fused-ring (bicyclic) bond motifs is 1. The Labute approximate surface area is 182 Å². The number of hydrogen-bond donors (Lipinski definition) is 2. The largest absolute Gasteiger partial charge is 0.303 e. The molecular formula is C25H27N3OS. The predicted octanol–water partition coefficient (Wildman–Crippen LogP) is 6.00. The van der Waals surface area contributed by atoms with Gasteiger partial charge >= 0.3 is 0 Å². The Morgan fingerprint density at radius 1 is 0.967 bits per heavy atom. The van der Waals surface area contributed by atoms with E-state index in [2.05, 4.69) is 40.1 Å². The minimum atomic E-state index is -0.108. The lowest BCUT2D eigenvalue weighted by atomic mass is 9.94. The number of carbonyl (C=O) groups excluding carboxylic acids is 1. The van der Waals surface area contributed by atoms with Crippen LogP contribution in [0.1, 0.15) is 54.9 Å². The average Bonchev–Trinajstić information content (AvgIpc) is 2.82. The van der Waals surface area contributed by atoms with Gasteiger partial charge in [0.15, 0.2) is 0 Å². The van der Waals surface area contributed by atoms with Crippen LogP contribution in [0.5, 0.6) is 0 Å².